The quantitative estimate of drug-likeness (QED) is 0.539. The van der Waals surface area contributed by atoms with Gasteiger partial charge in [0.1, 0.15) is 12.2 Å². The number of aryl methyl sites for hydroxylation is 1. The minimum atomic E-state index is -0.0255. The van der Waals surface area contributed by atoms with Crippen molar-refractivity contribution in [3.05, 3.63) is 22.4 Å². The van der Waals surface area contributed by atoms with E-state index in [4.69, 9.17) is 0 Å². The smallest absolute Gasteiger partial charge is 0.316 e. The number of rotatable bonds is 2. The molecule has 0 aliphatic heterocycles. The van der Waals surface area contributed by atoms with Crippen molar-refractivity contribution in [3.8, 4) is 5.75 Å². The molecule has 1 heterocycles. The minimum absolute atomic E-state index is 0.0255. The van der Waals surface area contributed by atoms with Crippen molar-refractivity contribution in [3.63, 3.8) is 0 Å². The molecule has 1 N–H and O–H groups in total. The van der Waals surface area contributed by atoms with Gasteiger partial charge < -0.3 is 10.3 Å². The molecule has 78 valence electrons. The molecule has 5 nitrogen and oxygen atoms in total. The lowest BCUT2D eigenvalue weighted by Gasteiger charge is -2.13. The summed E-state index contributed by atoms with van der Waals surface area (Å²) in [5, 5.41) is 21.0. The van der Waals surface area contributed by atoms with Gasteiger partial charge in [0.05, 0.1) is 0 Å². The number of nitrogens with zero attached hydrogens (tertiary/aromatic N) is 3. The highest BCUT2D eigenvalue weighted by molar-refractivity contribution is 5.26. The van der Waals surface area contributed by atoms with Crippen LogP contribution in [-0.4, -0.2) is 29.1 Å². The topological polar surface area (TPSA) is 63.3 Å². The molecule has 0 radical (unpaired) electrons. The van der Waals surface area contributed by atoms with Crippen molar-refractivity contribution < 1.29 is 9.84 Å². The summed E-state index contributed by atoms with van der Waals surface area (Å²) in [6.45, 7) is 3.73. The minimum Gasteiger partial charge on any atom is -0.710 e. The summed E-state index contributed by atoms with van der Waals surface area (Å²) in [4.78, 5) is 5.89. The third-order valence-corrected chi connectivity index (χ3v) is 1.98. The Hall–Kier alpha value is -1.36. The van der Waals surface area contributed by atoms with Gasteiger partial charge in [0.2, 0.25) is 5.75 Å². The van der Waals surface area contributed by atoms with Crippen molar-refractivity contribution in [1.29, 1.82) is 0 Å². The first-order valence-electron chi connectivity index (χ1n) is 4.36. The zero-order valence-corrected chi connectivity index (χ0v) is 8.90. The van der Waals surface area contributed by atoms with Gasteiger partial charge in [-0.2, -0.15) is 0 Å². The molecule has 0 saturated carbocycles. The van der Waals surface area contributed by atoms with Crippen molar-refractivity contribution >= 4 is 0 Å². The molecule has 0 atom stereocenters. The molecule has 0 saturated heterocycles. The van der Waals surface area contributed by atoms with E-state index in [1.54, 1.807) is 13.8 Å². The van der Waals surface area contributed by atoms with Gasteiger partial charge in [-0.1, -0.05) is 0 Å². The van der Waals surface area contributed by atoms with Gasteiger partial charge in [0.25, 0.3) is 0 Å². The monoisotopic (exact) mass is 197 g/mol. The molecule has 0 spiro atoms. The summed E-state index contributed by atoms with van der Waals surface area (Å²) >= 11 is 0. The molecular formula is C9H15N3O2. The molecule has 14 heavy (non-hydrogen) atoms. The van der Waals surface area contributed by atoms with E-state index in [9.17, 15) is 10.3 Å². The lowest BCUT2D eigenvalue weighted by atomic mass is 10.3. The van der Waals surface area contributed by atoms with Crippen LogP contribution in [0.1, 0.15) is 17.2 Å². The van der Waals surface area contributed by atoms with E-state index < -0.39 is 0 Å². The summed E-state index contributed by atoms with van der Waals surface area (Å²) in [6.07, 6.45) is 0. The van der Waals surface area contributed by atoms with Crippen LogP contribution >= 0.6 is 0 Å². The van der Waals surface area contributed by atoms with Crippen LogP contribution in [0.5, 0.6) is 5.75 Å². The first kappa shape index (κ1) is 10.7. The molecule has 0 bridgehead atoms. The molecular weight excluding hydrogens is 182 g/mol. The summed E-state index contributed by atoms with van der Waals surface area (Å²) in [5.74, 6) is 0.380. The Morgan fingerprint density at radius 3 is 2.50 bits per heavy atom. The van der Waals surface area contributed by atoms with E-state index in [1.807, 2.05) is 19.0 Å². The molecule has 0 amide bonds. The summed E-state index contributed by atoms with van der Waals surface area (Å²) in [7, 11) is 3.72. The largest absolute Gasteiger partial charge is 0.710 e. The number of hydrogen-bond donors (Lipinski definition) is 1. The zero-order chi connectivity index (χ0) is 10.9. The highest BCUT2D eigenvalue weighted by Gasteiger charge is 2.17. The van der Waals surface area contributed by atoms with Crippen molar-refractivity contribution in [2.24, 2.45) is 0 Å². The Morgan fingerprint density at radius 1 is 1.43 bits per heavy atom. The van der Waals surface area contributed by atoms with Crippen LogP contribution in [0.15, 0.2) is 0 Å². The van der Waals surface area contributed by atoms with Crippen LogP contribution in [0.4, 0.5) is 0 Å². The van der Waals surface area contributed by atoms with Crippen LogP contribution in [0.2, 0.25) is 0 Å². The summed E-state index contributed by atoms with van der Waals surface area (Å²) < 4.78 is 0.669. The van der Waals surface area contributed by atoms with Crippen molar-refractivity contribution in [2.45, 2.75) is 20.4 Å². The maximum absolute atomic E-state index is 11.5. The molecule has 5 heteroatoms. The van der Waals surface area contributed by atoms with Gasteiger partial charge in [0.15, 0.2) is 5.69 Å². The predicted octanol–water partition coefficient (Wildman–Crippen LogP) is 0.0990. The molecule has 1 aromatic heterocycles. The predicted molar refractivity (Wildman–Crippen MR) is 51.7 cm³/mol. The van der Waals surface area contributed by atoms with Gasteiger partial charge >= 0.3 is 5.82 Å². The van der Waals surface area contributed by atoms with Crippen LogP contribution in [0.25, 0.3) is 0 Å². The molecule has 0 aliphatic carbocycles. The first-order valence-corrected chi connectivity index (χ1v) is 4.36. The van der Waals surface area contributed by atoms with E-state index in [0.29, 0.717) is 28.5 Å². The van der Waals surface area contributed by atoms with Gasteiger partial charge in [0, 0.05) is 13.8 Å². The Kier molecular flexibility index (Phi) is 2.90. The first-order chi connectivity index (χ1) is 6.43. The molecule has 1 rings (SSSR count). The lowest BCUT2D eigenvalue weighted by Crippen LogP contribution is -2.39. The van der Waals surface area contributed by atoms with Crippen LogP contribution in [-0.2, 0) is 6.54 Å². The number of aromatic nitrogens is 2. The van der Waals surface area contributed by atoms with Gasteiger partial charge in [-0.05, 0) is 19.1 Å². The fourth-order valence-corrected chi connectivity index (χ4v) is 1.23. The zero-order valence-electron chi connectivity index (χ0n) is 8.90. The van der Waals surface area contributed by atoms with E-state index in [1.165, 1.54) is 0 Å². The van der Waals surface area contributed by atoms with E-state index in [2.05, 4.69) is 4.98 Å². The third kappa shape index (κ3) is 1.93. The second-order valence-corrected chi connectivity index (χ2v) is 3.58. The fraction of sp³-hybridized carbons (Fsp3) is 0.556. The van der Waals surface area contributed by atoms with Crippen molar-refractivity contribution in [1.82, 2.24) is 9.88 Å². The number of hydrogen-bond acceptors (Lipinski definition) is 4. The average Bonchev–Trinajstić information content (AvgIpc) is 2.10. The lowest BCUT2D eigenvalue weighted by molar-refractivity contribution is -0.626. The third-order valence-electron chi connectivity index (χ3n) is 1.98. The fourth-order valence-electron chi connectivity index (χ4n) is 1.23. The Bertz CT molecular complexity index is 350. The summed E-state index contributed by atoms with van der Waals surface area (Å²) in [6, 6.07) is 0. The highest BCUT2D eigenvalue weighted by atomic mass is 16.5. The number of aromatic hydroxyl groups is 1. The van der Waals surface area contributed by atoms with Crippen LogP contribution in [0.3, 0.4) is 0 Å². The Morgan fingerprint density at radius 2 is 2.00 bits per heavy atom. The standard InChI is InChI=1S/C9H15N3O2/c1-6-9(13)7(2)12(14)8(10-6)5-11(3)4/h13H,5H2,1-4H3. The molecule has 0 aliphatic rings. The highest BCUT2D eigenvalue weighted by Crippen LogP contribution is 2.15. The second kappa shape index (κ2) is 3.79. The maximum atomic E-state index is 11.5. The van der Waals surface area contributed by atoms with Crippen LogP contribution in [0, 0.1) is 19.1 Å². The average molecular weight is 197 g/mol. The molecule has 0 fully saturated rings. The molecule has 0 aromatic carbocycles. The summed E-state index contributed by atoms with van der Waals surface area (Å²) in [5.41, 5.74) is 0.792. The van der Waals surface area contributed by atoms with Crippen LogP contribution < -0.4 is 4.73 Å². The van der Waals surface area contributed by atoms with E-state index >= 15 is 0 Å². The normalized spacial score (nSPS) is 10.9. The van der Waals surface area contributed by atoms with Gasteiger partial charge in [-0.3, -0.25) is 4.90 Å². The van der Waals surface area contributed by atoms with Gasteiger partial charge in [-0.25, -0.2) is 4.73 Å². The van der Waals surface area contributed by atoms with E-state index in [-0.39, 0.29) is 5.75 Å². The van der Waals surface area contributed by atoms with Gasteiger partial charge in [-0.15, -0.1) is 0 Å². The maximum Gasteiger partial charge on any atom is 0.316 e. The Labute approximate surface area is 83.2 Å². The molecule has 1 aromatic rings. The molecule has 0 unspecified atom stereocenters. The Balaban J connectivity index is 3.19. The van der Waals surface area contributed by atoms with E-state index in [0.717, 1.165) is 0 Å². The van der Waals surface area contributed by atoms with Crippen molar-refractivity contribution in [2.75, 3.05) is 14.1 Å². The second-order valence-electron chi connectivity index (χ2n) is 3.58. The SMILES string of the molecule is Cc1nc(CN(C)C)[n+]([O-])c(C)c1O.